The number of hydrogen-bond acceptors (Lipinski definition) is 3. The van der Waals surface area contributed by atoms with Crippen molar-refractivity contribution in [3.05, 3.63) is 22.6 Å². The lowest BCUT2D eigenvalue weighted by Crippen LogP contribution is -2.34. The highest BCUT2D eigenvalue weighted by atomic mass is 79.9. The maximum atomic E-state index is 11.3. The maximum absolute atomic E-state index is 11.3. The summed E-state index contributed by atoms with van der Waals surface area (Å²) in [6.45, 7) is 1.61. The Morgan fingerprint density at radius 3 is 2.92 bits per heavy atom. The SMILES string of the molecule is CC(CO)NC(=O)c1ccc(Br)o1. The van der Waals surface area contributed by atoms with Crippen molar-refractivity contribution in [2.45, 2.75) is 13.0 Å². The van der Waals surface area contributed by atoms with Gasteiger partial charge in [0.1, 0.15) is 0 Å². The molecule has 1 heterocycles. The molecule has 0 aliphatic heterocycles. The van der Waals surface area contributed by atoms with Crippen LogP contribution in [-0.2, 0) is 0 Å². The summed E-state index contributed by atoms with van der Waals surface area (Å²) in [5.41, 5.74) is 0. The van der Waals surface area contributed by atoms with Crippen LogP contribution in [0.2, 0.25) is 0 Å². The second-order valence-electron chi connectivity index (χ2n) is 2.66. The van der Waals surface area contributed by atoms with Crippen LogP contribution in [0, 0.1) is 0 Å². The molecular formula is C8H10BrNO3. The number of aliphatic hydroxyl groups is 1. The topological polar surface area (TPSA) is 62.5 Å². The van der Waals surface area contributed by atoms with Crippen LogP contribution in [0.1, 0.15) is 17.5 Å². The molecule has 5 heteroatoms. The molecule has 0 saturated carbocycles. The van der Waals surface area contributed by atoms with E-state index in [2.05, 4.69) is 21.2 Å². The Morgan fingerprint density at radius 1 is 1.77 bits per heavy atom. The summed E-state index contributed by atoms with van der Waals surface area (Å²) >= 11 is 3.09. The first-order chi connectivity index (χ1) is 6.13. The van der Waals surface area contributed by atoms with Crippen molar-refractivity contribution in [1.82, 2.24) is 5.32 Å². The zero-order valence-corrected chi connectivity index (χ0v) is 8.67. The quantitative estimate of drug-likeness (QED) is 0.843. The fraction of sp³-hybridized carbons (Fsp3) is 0.375. The molecule has 0 aliphatic carbocycles. The fourth-order valence-electron chi connectivity index (χ4n) is 0.777. The van der Waals surface area contributed by atoms with Gasteiger partial charge < -0.3 is 14.8 Å². The van der Waals surface area contributed by atoms with Crippen LogP contribution in [0.5, 0.6) is 0 Å². The smallest absolute Gasteiger partial charge is 0.287 e. The van der Waals surface area contributed by atoms with Crippen LogP contribution in [0.3, 0.4) is 0 Å². The third-order valence-electron chi connectivity index (χ3n) is 1.45. The van der Waals surface area contributed by atoms with Crippen molar-refractivity contribution in [3.8, 4) is 0 Å². The minimum atomic E-state index is -0.327. The van der Waals surface area contributed by atoms with E-state index in [0.29, 0.717) is 4.67 Å². The Balaban J connectivity index is 2.58. The van der Waals surface area contributed by atoms with E-state index in [1.165, 1.54) is 0 Å². The summed E-state index contributed by atoms with van der Waals surface area (Å²) in [6, 6.07) is 2.93. The van der Waals surface area contributed by atoms with Gasteiger partial charge in [0.25, 0.3) is 5.91 Å². The summed E-state index contributed by atoms with van der Waals surface area (Å²) in [7, 11) is 0. The number of aliphatic hydroxyl groups excluding tert-OH is 1. The van der Waals surface area contributed by atoms with Gasteiger partial charge in [0, 0.05) is 6.04 Å². The molecule has 1 aromatic rings. The molecule has 13 heavy (non-hydrogen) atoms. The third-order valence-corrected chi connectivity index (χ3v) is 1.87. The van der Waals surface area contributed by atoms with Crippen LogP contribution >= 0.6 is 15.9 Å². The van der Waals surface area contributed by atoms with Gasteiger partial charge in [0.15, 0.2) is 10.4 Å². The average Bonchev–Trinajstić information content (AvgIpc) is 2.51. The van der Waals surface area contributed by atoms with Gasteiger partial charge in [-0.3, -0.25) is 4.79 Å². The minimum Gasteiger partial charge on any atom is -0.444 e. The molecular weight excluding hydrogens is 238 g/mol. The van der Waals surface area contributed by atoms with Gasteiger partial charge in [-0.2, -0.15) is 0 Å². The van der Waals surface area contributed by atoms with Gasteiger partial charge in [-0.1, -0.05) is 0 Å². The average molecular weight is 248 g/mol. The molecule has 0 radical (unpaired) electrons. The molecule has 0 bridgehead atoms. The van der Waals surface area contributed by atoms with Crippen molar-refractivity contribution >= 4 is 21.8 Å². The summed E-state index contributed by atoms with van der Waals surface area (Å²) in [4.78, 5) is 11.3. The highest BCUT2D eigenvalue weighted by Gasteiger charge is 2.12. The van der Waals surface area contributed by atoms with E-state index in [0.717, 1.165) is 0 Å². The maximum Gasteiger partial charge on any atom is 0.287 e. The van der Waals surface area contributed by atoms with Crippen LogP contribution in [0.25, 0.3) is 0 Å². The first-order valence-electron chi connectivity index (χ1n) is 3.80. The molecule has 1 rings (SSSR count). The van der Waals surface area contributed by atoms with E-state index < -0.39 is 0 Å². The lowest BCUT2D eigenvalue weighted by molar-refractivity contribution is 0.0893. The number of hydrogen-bond donors (Lipinski definition) is 2. The fourth-order valence-corrected chi connectivity index (χ4v) is 1.08. The van der Waals surface area contributed by atoms with Crippen LogP contribution in [0.15, 0.2) is 21.2 Å². The minimum absolute atomic E-state index is 0.0897. The first-order valence-corrected chi connectivity index (χ1v) is 4.60. The van der Waals surface area contributed by atoms with Gasteiger partial charge in [0.2, 0.25) is 0 Å². The van der Waals surface area contributed by atoms with Gasteiger partial charge in [-0.25, -0.2) is 0 Å². The van der Waals surface area contributed by atoms with E-state index >= 15 is 0 Å². The summed E-state index contributed by atoms with van der Waals surface area (Å²) in [5, 5.41) is 11.2. The van der Waals surface area contributed by atoms with E-state index in [4.69, 9.17) is 9.52 Å². The Labute approximate surface area is 84.1 Å². The third kappa shape index (κ3) is 2.86. The Hall–Kier alpha value is -0.810. The van der Waals surface area contributed by atoms with E-state index in [9.17, 15) is 4.79 Å². The Kier molecular flexibility index (Phi) is 3.50. The molecule has 72 valence electrons. The van der Waals surface area contributed by atoms with Crippen LogP contribution in [-0.4, -0.2) is 23.7 Å². The summed E-state index contributed by atoms with van der Waals surface area (Å²) in [5.74, 6) is -0.0978. The number of carbonyl (C=O) groups is 1. The summed E-state index contributed by atoms with van der Waals surface area (Å²) < 4.78 is 5.52. The number of rotatable bonds is 3. The molecule has 4 nitrogen and oxygen atoms in total. The molecule has 1 unspecified atom stereocenters. The zero-order chi connectivity index (χ0) is 9.84. The molecule has 0 aliphatic rings. The molecule has 1 atom stereocenters. The molecule has 0 spiro atoms. The number of amides is 1. The van der Waals surface area contributed by atoms with E-state index in [1.54, 1.807) is 19.1 Å². The zero-order valence-electron chi connectivity index (χ0n) is 7.08. The Morgan fingerprint density at radius 2 is 2.46 bits per heavy atom. The molecule has 1 amide bonds. The highest BCUT2D eigenvalue weighted by Crippen LogP contribution is 2.13. The van der Waals surface area contributed by atoms with E-state index in [1.807, 2.05) is 0 Å². The van der Waals surface area contributed by atoms with Crippen molar-refractivity contribution in [2.75, 3.05) is 6.61 Å². The molecule has 0 aromatic carbocycles. The lowest BCUT2D eigenvalue weighted by atomic mass is 10.3. The number of nitrogens with one attached hydrogen (secondary N) is 1. The standard InChI is InChI=1S/C8H10BrNO3/c1-5(4-11)10-8(12)6-2-3-7(9)13-6/h2-3,5,11H,4H2,1H3,(H,10,12). The molecule has 0 saturated heterocycles. The molecule has 2 N–H and O–H groups in total. The largest absolute Gasteiger partial charge is 0.444 e. The number of furan rings is 1. The second-order valence-corrected chi connectivity index (χ2v) is 3.44. The van der Waals surface area contributed by atoms with Gasteiger partial charge in [-0.15, -0.1) is 0 Å². The normalized spacial score (nSPS) is 12.5. The Bertz CT molecular complexity index is 297. The number of carbonyl (C=O) groups excluding carboxylic acids is 1. The van der Waals surface area contributed by atoms with Gasteiger partial charge in [0.05, 0.1) is 6.61 Å². The second kappa shape index (κ2) is 4.43. The van der Waals surface area contributed by atoms with Gasteiger partial charge in [-0.05, 0) is 35.0 Å². The summed E-state index contributed by atoms with van der Waals surface area (Å²) in [6.07, 6.45) is 0. The van der Waals surface area contributed by atoms with Crippen LogP contribution in [0.4, 0.5) is 0 Å². The number of halogens is 1. The van der Waals surface area contributed by atoms with Crippen LogP contribution < -0.4 is 5.32 Å². The van der Waals surface area contributed by atoms with Crippen molar-refractivity contribution in [2.24, 2.45) is 0 Å². The van der Waals surface area contributed by atoms with Crippen molar-refractivity contribution in [1.29, 1.82) is 0 Å². The predicted octanol–water partition coefficient (Wildman–Crippen LogP) is 1.15. The van der Waals surface area contributed by atoms with E-state index in [-0.39, 0.29) is 24.3 Å². The molecule has 1 aromatic heterocycles. The molecule has 0 fully saturated rings. The predicted molar refractivity (Wildman–Crippen MR) is 50.4 cm³/mol. The van der Waals surface area contributed by atoms with Gasteiger partial charge >= 0.3 is 0 Å². The first kappa shape index (κ1) is 10.3. The van der Waals surface area contributed by atoms with Crippen molar-refractivity contribution < 1.29 is 14.3 Å². The highest BCUT2D eigenvalue weighted by molar-refractivity contribution is 9.10. The van der Waals surface area contributed by atoms with Crippen molar-refractivity contribution in [3.63, 3.8) is 0 Å². The lowest BCUT2D eigenvalue weighted by Gasteiger charge is -2.08. The monoisotopic (exact) mass is 247 g/mol.